The van der Waals surface area contributed by atoms with Gasteiger partial charge in [-0.25, -0.2) is 9.37 Å². The van der Waals surface area contributed by atoms with Crippen molar-refractivity contribution in [1.82, 2.24) is 10.3 Å². The number of anilines is 2. The Morgan fingerprint density at radius 1 is 1.00 bits per heavy atom. The molecule has 5 heteroatoms. The van der Waals surface area contributed by atoms with Crippen LogP contribution in [0.3, 0.4) is 0 Å². The molecule has 0 saturated carbocycles. The van der Waals surface area contributed by atoms with Crippen LogP contribution in [0.1, 0.15) is 16.1 Å². The van der Waals surface area contributed by atoms with E-state index in [2.05, 4.69) is 10.3 Å². The summed E-state index contributed by atoms with van der Waals surface area (Å²) < 4.78 is 12.9. The zero-order valence-electron chi connectivity index (χ0n) is 14.5. The first-order chi connectivity index (χ1) is 12.6. The number of nitrogens with one attached hydrogen (secondary N) is 1. The molecule has 0 radical (unpaired) electrons. The fourth-order valence-electron chi connectivity index (χ4n) is 2.58. The SMILES string of the molecule is CN(c1ccccc1)c1ccc(C(=O)NCCc2ccc(F)cc2)nc1. The molecule has 0 atom stereocenters. The molecule has 0 aliphatic heterocycles. The average Bonchev–Trinajstić information content (AvgIpc) is 2.69. The van der Waals surface area contributed by atoms with Crippen LogP contribution in [0.15, 0.2) is 72.9 Å². The molecule has 0 fully saturated rings. The van der Waals surface area contributed by atoms with Crippen molar-refractivity contribution in [3.8, 4) is 0 Å². The highest BCUT2D eigenvalue weighted by Crippen LogP contribution is 2.22. The first-order valence-corrected chi connectivity index (χ1v) is 8.41. The Morgan fingerprint density at radius 3 is 2.38 bits per heavy atom. The van der Waals surface area contributed by atoms with Crippen molar-refractivity contribution in [3.63, 3.8) is 0 Å². The van der Waals surface area contributed by atoms with Gasteiger partial charge in [-0.3, -0.25) is 4.79 Å². The molecule has 3 aromatic rings. The minimum atomic E-state index is -0.262. The predicted octanol–water partition coefficient (Wildman–Crippen LogP) is 3.96. The largest absolute Gasteiger partial charge is 0.350 e. The smallest absolute Gasteiger partial charge is 0.269 e. The number of aromatic nitrogens is 1. The minimum Gasteiger partial charge on any atom is -0.350 e. The van der Waals surface area contributed by atoms with Gasteiger partial charge >= 0.3 is 0 Å². The van der Waals surface area contributed by atoms with E-state index in [1.165, 1.54) is 12.1 Å². The van der Waals surface area contributed by atoms with Crippen molar-refractivity contribution in [3.05, 3.63) is 90.0 Å². The van der Waals surface area contributed by atoms with Crippen LogP contribution in [0, 0.1) is 5.82 Å². The fraction of sp³-hybridized carbons (Fsp3) is 0.143. The van der Waals surface area contributed by atoms with Gasteiger partial charge in [-0.05, 0) is 48.4 Å². The highest BCUT2D eigenvalue weighted by Gasteiger charge is 2.09. The molecular formula is C21H20FN3O. The van der Waals surface area contributed by atoms with Gasteiger partial charge in [0.1, 0.15) is 11.5 Å². The molecule has 2 aromatic carbocycles. The maximum Gasteiger partial charge on any atom is 0.269 e. The number of para-hydroxylation sites is 1. The van der Waals surface area contributed by atoms with E-state index in [0.29, 0.717) is 18.7 Å². The molecule has 1 N–H and O–H groups in total. The molecule has 0 saturated heterocycles. The number of halogens is 1. The van der Waals surface area contributed by atoms with E-state index < -0.39 is 0 Å². The molecule has 0 aliphatic rings. The Morgan fingerprint density at radius 2 is 1.73 bits per heavy atom. The van der Waals surface area contributed by atoms with Gasteiger partial charge < -0.3 is 10.2 Å². The van der Waals surface area contributed by atoms with E-state index in [9.17, 15) is 9.18 Å². The number of hydrogen-bond acceptors (Lipinski definition) is 3. The molecule has 3 rings (SSSR count). The molecule has 26 heavy (non-hydrogen) atoms. The first-order valence-electron chi connectivity index (χ1n) is 8.41. The van der Waals surface area contributed by atoms with E-state index in [1.54, 1.807) is 24.4 Å². The molecule has 1 heterocycles. The second-order valence-corrected chi connectivity index (χ2v) is 5.93. The quantitative estimate of drug-likeness (QED) is 0.733. The summed E-state index contributed by atoms with van der Waals surface area (Å²) in [6.45, 7) is 0.470. The Bertz CT molecular complexity index is 849. The molecular weight excluding hydrogens is 329 g/mol. The number of benzene rings is 2. The maximum absolute atomic E-state index is 12.9. The lowest BCUT2D eigenvalue weighted by Gasteiger charge is -2.19. The molecule has 132 valence electrons. The number of carbonyl (C=O) groups is 1. The molecule has 1 amide bonds. The van der Waals surface area contributed by atoms with Crippen LogP contribution in [-0.2, 0) is 6.42 Å². The molecule has 0 aliphatic carbocycles. The number of hydrogen-bond donors (Lipinski definition) is 1. The summed E-state index contributed by atoms with van der Waals surface area (Å²) in [5.41, 5.74) is 3.29. The minimum absolute atomic E-state index is 0.221. The third kappa shape index (κ3) is 4.45. The van der Waals surface area contributed by atoms with Crippen molar-refractivity contribution in [2.45, 2.75) is 6.42 Å². The van der Waals surface area contributed by atoms with Crippen LogP contribution in [0.2, 0.25) is 0 Å². The first kappa shape index (κ1) is 17.6. The Labute approximate surface area is 152 Å². The third-order valence-corrected chi connectivity index (χ3v) is 4.12. The van der Waals surface area contributed by atoms with Crippen molar-refractivity contribution >= 4 is 17.3 Å². The summed E-state index contributed by atoms with van der Waals surface area (Å²) in [4.78, 5) is 18.5. The normalized spacial score (nSPS) is 10.4. The highest BCUT2D eigenvalue weighted by atomic mass is 19.1. The summed E-state index contributed by atoms with van der Waals surface area (Å²) in [5.74, 6) is -0.483. The van der Waals surface area contributed by atoms with Gasteiger partial charge in [-0.15, -0.1) is 0 Å². The lowest BCUT2D eigenvalue weighted by molar-refractivity contribution is 0.0949. The van der Waals surface area contributed by atoms with Crippen molar-refractivity contribution < 1.29 is 9.18 Å². The Kier molecular flexibility index (Phi) is 5.59. The van der Waals surface area contributed by atoms with Crippen molar-refractivity contribution in [2.24, 2.45) is 0 Å². The highest BCUT2D eigenvalue weighted by molar-refractivity contribution is 5.92. The lowest BCUT2D eigenvalue weighted by atomic mass is 10.1. The zero-order chi connectivity index (χ0) is 18.4. The summed E-state index contributed by atoms with van der Waals surface area (Å²) >= 11 is 0. The van der Waals surface area contributed by atoms with Crippen LogP contribution in [-0.4, -0.2) is 24.5 Å². The predicted molar refractivity (Wildman–Crippen MR) is 101 cm³/mol. The van der Waals surface area contributed by atoms with Crippen LogP contribution >= 0.6 is 0 Å². The fourth-order valence-corrected chi connectivity index (χ4v) is 2.58. The van der Waals surface area contributed by atoms with Crippen LogP contribution in [0.4, 0.5) is 15.8 Å². The van der Waals surface area contributed by atoms with E-state index in [0.717, 1.165) is 16.9 Å². The summed E-state index contributed by atoms with van der Waals surface area (Å²) in [7, 11) is 1.95. The van der Waals surface area contributed by atoms with Gasteiger partial charge in [0.05, 0.1) is 11.9 Å². The van der Waals surface area contributed by atoms with Gasteiger partial charge in [0.25, 0.3) is 5.91 Å². The second-order valence-electron chi connectivity index (χ2n) is 5.93. The standard InChI is InChI=1S/C21H20FN3O/c1-25(18-5-3-2-4-6-18)19-11-12-20(24-15-19)21(26)23-14-13-16-7-9-17(22)10-8-16/h2-12,15H,13-14H2,1H3,(H,23,26). The van der Waals surface area contributed by atoms with Crippen LogP contribution in [0.25, 0.3) is 0 Å². The summed E-state index contributed by atoms with van der Waals surface area (Å²) in [6.07, 6.45) is 2.32. The van der Waals surface area contributed by atoms with Gasteiger partial charge in [0.2, 0.25) is 0 Å². The molecule has 0 bridgehead atoms. The second kappa shape index (κ2) is 8.25. The van der Waals surface area contributed by atoms with Crippen molar-refractivity contribution in [1.29, 1.82) is 0 Å². The van der Waals surface area contributed by atoms with E-state index in [-0.39, 0.29) is 11.7 Å². The van der Waals surface area contributed by atoms with E-state index >= 15 is 0 Å². The number of nitrogens with zero attached hydrogens (tertiary/aromatic N) is 2. The third-order valence-electron chi connectivity index (χ3n) is 4.12. The molecule has 0 unspecified atom stereocenters. The van der Waals surface area contributed by atoms with Gasteiger partial charge in [0, 0.05) is 19.3 Å². The maximum atomic E-state index is 12.9. The van der Waals surface area contributed by atoms with Crippen LogP contribution < -0.4 is 10.2 Å². The Balaban J connectivity index is 1.56. The van der Waals surface area contributed by atoms with E-state index in [1.807, 2.05) is 48.3 Å². The summed E-state index contributed by atoms with van der Waals surface area (Å²) in [6, 6.07) is 19.8. The number of rotatable bonds is 6. The number of carbonyl (C=O) groups excluding carboxylic acids is 1. The Hall–Kier alpha value is -3.21. The number of amides is 1. The molecule has 4 nitrogen and oxygen atoms in total. The van der Waals surface area contributed by atoms with E-state index in [4.69, 9.17) is 0 Å². The van der Waals surface area contributed by atoms with Gasteiger partial charge in [-0.2, -0.15) is 0 Å². The molecule has 1 aromatic heterocycles. The van der Waals surface area contributed by atoms with Gasteiger partial charge in [0.15, 0.2) is 0 Å². The summed E-state index contributed by atoms with van der Waals surface area (Å²) in [5, 5.41) is 2.83. The van der Waals surface area contributed by atoms with Crippen LogP contribution in [0.5, 0.6) is 0 Å². The molecule has 0 spiro atoms. The van der Waals surface area contributed by atoms with Crippen molar-refractivity contribution in [2.75, 3.05) is 18.5 Å². The zero-order valence-corrected chi connectivity index (χ0v) is 14.5. The van der Waals surface area contributed by atoms with Gasteiger partial charge in [-0.1, -0.05) is 30.3 Å². The topological polar surface area (TPSA) is 45.2 Å². The average molecular weight is 349 g/mol. The number of pyridine rings is 1. The lowest BCUT2D eigenvalue weighted by Crippen LogP contribution is -2.26. The monoisotopic (exact) mass is 349 g/mol.